The van der Waals surface area contributed by atoms with Crippen molar-refractivity contribution in [3.63, 3.8) is 0 Å². The maximum atomic E-state index is 5.57. The zero-order chi connectivity index (χ0) is 16.8. The third-order valence-electron chi connectivity index (χ3n) is 4.69. The number of fused-ring (bicyclic) bond motifs is 2. The minimum atomic E-state index is 0.812. The van der Waals surface area contributed by atoms with Crippen molar-refractivity contribution in [2.24, 2.45) is 14.1 Å². The van der Waals surface area contributed by atoms with E-state index in [0.717, 1.165) is 15.8 Å². The fraction of sp³-hybridized carbons (Fsp3) is 0.150. The van der Waals surface area contributed by atoms with Crippen LogP contribution in [0, 0.1) is 0 Å². The molecule has 0 spiro atoms. The van der Waals surface area contributed by atoms with Crippen molar-refractivity contribution in [2.75, 3.05) is 7.11 Å². The summed E-state index contributed by atoms with van der Waals surface area (Å²) in [5, 5.41) is 2.43. The Bertz CT molecular complexity index is 1090. The summed E-state index contributed by atoms with van der Waals surface area (Å²) < 4.78 is 10.9. The van der Waals surface area contributed by atoms with Crippen molar-refractivity contribution >= 4 is 26.4 Å². The van der Waals surface area contributed by atoms with Crippen molar-refractivity contribution in [3.05, 3.63) is 60.2 Å². The molecule has 0 amide bonds. The monoisotopic (exact) mass is 354 g/mol. The maximum absolute atomic E-state index is 5.57. The topological polar surface area (TPSA) is 19.1 Å². The molecule has 0 aliphatic carbocycles. The molecule has 0 aliphatic heterocycles. The van der Waals surface area contributed by atoms with Crippen LogP contribution in [0.4, 0.5) is 0 Å². The molecule has 0 bridgehead atoms. The summed E-state index contributed by atoms with van der Waals surface area (Å²) in [6.45, 7) is 0. The van der Waals surface area contributed by atoms with E-state index in [9.17, 15) is 0 Å². The average Bonchev–Trinajstić information content (AvgIpc) is 3.10. The number of para-hydroxylation sites is 2. The Morgan fingerprint density at radius 1 is 0.917 bits per heavy atom. The Morgan fingerprint density at radius 2 is 1.58 bits per heavy atom. The number of hydrogen-bond acceptors (Lipinski definition) is 1. The van der Waals surface area contributed by atoms with Crippen molar-refractivity contribution in [1.82, 2.24) is 9.13 Å². The zero-order valence-electron chi connectivity index (χ0n) is 13.9. The molecule has 4 heteroatoms. The van der Waals surface area contributed by atoms with Gasteiger partial charge in [-0.1, -0.05) is 0 Å². The number of methoxy groups -OCH3 is 1. The molecule has 4 aromatic rings. The second-order valence-corrected chi connectivity index (χ2v) is 6.52. The summed E-state index contributed by atoms with van der Waals surface area (Å²) in [4.78, 5) is 0. The summed E-state index contributed by atoms with van der Waals surface area (Å²) in [5.41, 5.74) is 5.86. The molecule has 0 unspecified atom stereocenters. The molecular weight excluding hydrogens is 336 g/mol. The summed E-state index contributed by atoms with van der Waals surface area (Å²) >= 11 is 3.08. The Balaban J connectivity index is 2.14. The van der Waals surface area contributed by atoms with Crippen LogP contribution in [0.5, 0.6) is 0 Å². The van der Waals surface area contributed by atoms with Crippen molar-refractivity contribution in [3.8, 4) is 11.4 Å². The second-order valence-electron chi connectivity index (χ2n) is 5.94. The standard InChI is InChI=1S/C20H18N2O.Cr/c1-21-17-10-6-4-8-14(17)12-19(21)20-16(13-23-3)15-9-5-7-11-18(15)22(20)2;/h4-12H,1-3H3;. The van der Waals surface area contributed by atoms with E-state index in [1.165, 1.54) is 27.5 Å². The van der Waals surface area contributed by atoms with Crippen LogP contribution in [0.3, 0.4) is 0 Å². The molecule has 2 heterocycles. The molecule has 0 atom stereocenters. The molecule has 0 aliphatic rings. The van der Waals surface area contributed by atoms with Gasteiger partial charge in [0.1, 0.15) is 0 Å². The number of aromatic nitrogens is 2. The molecule has 0 saturated heterocycles. The molecular formula is C20H18CrN2O. The van der Waals surface area contributed by atoms with Gasteiger partial charge in [-0.25, -0.2) is 0 Å². The molecule has 0 saturated carbocycles. The quantitative estimate of drug-likeness (QED) is 0.544. The van der Waals surface area contributed by atoms with Crippen LogP contribution in [0.1, 0.15) is 5.56 Å². The van der Waals surface area contributed by atoms with E-state index in [-0.39, 0.29) is 0 Å². The first-order valence-electron chi connectivity index (χ1n) is 7.84. The Morgan fingerprint density at radius 3 is 2.29 bits per heavy atom. The van der Waals surface area contributed by atoms with Crippen LogP contribution >= 0.6 is 0 Å². The van der Waals surface area contributed by atoms with Crippen LogP contribution in [0.25, 0.3) is 33.2 Å². The molecule has 24 heavy (non-hydrogen) atoms. The average molecular weight is 354 g/mol. The Labute approximate surface area is 149 Å². The van der Waals surface area contributed by atoms with Crippen molar-refractivity contribution < 1.29 is 20.6 Å². The number of hydrogen-bond donors (Lipinski definition) is 0. The van der Waals surface area contributed by atoms with E-state index in [4.69, 9.17) is 4.74 Å². The third kappa shape index (κ3) is 2.12. The summed E-state index contributed by atoms with van der Waals surface area (Å²) in [6.07, 6.45) is 0. The minimum absolute atomic E-state index is 0.812. The first-order chi connectivity index (χ1) is 11.6. The molecule has 3 nitrogen and oxygen atoms in total. The Kier molecular flexibility index (Phi) is 3.69. The predicted octanol–water partition coefficient (Wildman–Crippen LogP) is 4.01. The number of ether oxygens (including phenoxy) is 1. The van der Waals surface area contributed by atoms with Crippen LogP contribution in [-0.2, 0) is 34.7 Å². The van der Waals surface area contributed by atoms with Gasteiger partial charge in [-0.05, 0) is 0 Å². The predicted molar refractivity (Wildman–Crippen MR) is 96.0 cm³/mol. The van der Waals surface area contributed by atoms with E-state index in [0.29, 0.717) is 0 Å². The fourth-order valence-corrected chi connectivity index (χ4v) is 3.84. The molecule has 120 valence electrons. The molecule has 4 rings (SSSR count). The second kappa shape index (κ2) is 5.75. The van der Waals surface area contributed by atoms with Crippen LogP contribution in [0.15, 0.2) is 54.6 Å². The van der Waals surface area contributed by atoms with E-state index >= 15 is 0 Å². The molecule has 0 fully saturated rings. The number of rotatable bonds is 3. The number of nitrogens with zero attached hydrogens (tertiary/aromatic N) is 2. The fourth-order valence-electron chi connectivity index (χ4n) is 3.52. The van der Waals surface area contributed by atoms with Gasteiger partial charge in [-0.2, -0.15) is 0 Å². The SMILES string of the molecule is CO[C](=[Cr])c1c(-c2cc3ccccc3n2C)n(C)c2ccccc12. The van der Waals surface area contributed by atoms with Gasteiger partial charge in [-0.3, -0.25) is 0 Å². The van der Waals surface area contributed by atoms with Gasteiger partial charge >= 0.3 is 149 Å². The molecule has 2 aromatic heterocycles. The number of aryl methyl sites for hydroxylation is 2. The van der Waals surface area contributed by atoms with Gasteiger partial charge in [0.05, 0.1) is 0 Å². The summed E-state index contributed by atoms with van der Waals surface area (Å²) in [5.74, 6) is 0. The van der Waals surface area contributed by atoms with Crippen molar-refractivity contribution in [1.29, 1.82) is 0 Å². The van der Waals surface area contributed by atoms with E-state index < -0.39 is 0 Å². The summed E-state index contributed by atoms with van der Waals surface area (Å²) in [7, 11) is 5.94. The number of benzene rings is 2. The molecule has 0 N–H and O–H groups in total. The molecule has 0 radical (unpaired) electrons. The van der Waals surface area contributed by atoms with Gasteiger partial charge in [-0.15, -0.1) is 0 Å². The first-order valence-corrected chi connectivity index (χ1v) is 8.47. The summed E-state index contributed by atoms with van der Waals surface area (Å²) in [6, 6.07) is 19.1. The third-order valence-corrected chi connectivity index (χ3v) is 5.27. The van der Waals surface area contributed by atoms with Crippen molar-refractivity contribution in [2.45, 2.75) is 0 Å². The first kappa shape index (κ1) is 15.4. The van der Waals surface area contributed by atoms with Crippen LogP contribution < -0.4 is 0 Å². The van der Waals surface area contributed by atoms with E-state index in [1.807, 2.05) is 0 Å². The van der Waals surface area contributed by atoms with Gasteiger partial charge in [0.25, 0.3) is 0 Å². The zero-order valence-corrected chi connectivity index (χ0v) is 15.2. The normalized spacial score (nSPS) is 11.5. The van der Waals surface area contributed by atoms with E-state index in [1.54, 1.807) is 7.11 Å². The Hall–Kier alpha value is -2.12. The van der Waals surface area contributed by atoms with Crippen LogP contribution in [-0.4, -0.2) is 20.8 Å². The van der Waals surface area contributed by atoms with Gasteiger partial charge < -0.3 is 0 Å². The van der Waals surface area contributed by atoms with Gasteiger partial charge in [0, 0.05) is 0 Å². The van der Waals surface area contributed by atoms with Crippen LogP contribution in [0.2, 0.25) is 0 Å². The molecule has 2 aromatic carbocycles. The van der Waals surface area contributed by atoms with Gasteiger partial charge in [0.15, 0.2) is 0 Å². The van der Waals surface area contributed by atoms with Gasteiger partial charge in [0.2, 0.25) is 0 Å². The van der Waals surface area contributed by atoms with E-state index in [2.05, 4.69) is 93.7 Å².